The standard InChI is InChI=1S/C13H15ClN2O/c1-13-7-3-6-10(13)16-11-8(14)4-2-5-9(11)15-12(13)17/h2,4-5,10,16H,3,6-7H2,1H3,(H,15,17). The molecule has 3 rings (SSSR count). The van der Waals surface area contributed by atoms with Crippen molar-refractivity contribution in [3.63, 3.8) is 0 Å². The third kappa shape index (κ3) is 1.53. The fourth-order valence-corrected chi connectivity index (χ4v) is 3.11. The van der Waals surface area contributed by atoms with Crippen molar-refractivity contribution in [1.82, 2.24) is 0 Å². The zero-order valence-corrected chi connectivity index (χ0v) is 10.5. The molecular formula is C13H15ClN2O. The molecule has 1 amide bonds. The molecule has 0 aromatic heterocycles. The molecule has 3 nitrogen and oxygen atoms in total. The predicted octanol–water partition coefficient (Wildman–Crippen LogP) is 3.26. The minimum atomic E-state index is -0.317. The first-order chi connectivity index (χ1) is 8.11. The second-order valence-electron chi connectivity index (χ2n) is 5.12. The number of carbonyl (C=O) groups is 1. The van der Waals surface area contributed by atoms with Crippen LogP contribution in [0.5, 0.6) is 0 Å². The summed E-state index contributed by atoms with van der Waals surface area (Å²) >= 11 is 6.18. The molecule has 4 heteroatoms. The number of benzene rings is 1. The Bertz CT molecular complexity index is 488. The van der Waals surface area contributed by atoms with Crippen molar-refractivity contribution in [2.45, 2.75) is 32.2 Å². The van der Waals surface area contributed by atoms with Crippen molar-refractivity contribution in [2.75, 3.05) is 10.6 Å². The van der Waals surface area contributed by atoms with E-state index in [0.29, 0.717) is 5.02 Å². The van der Waals surface area contributed by atoms with Crippen molar-refractivity contribution in [3.05, 3.63) is 23.2 Å². The predicted molar refractivity (Wildman–Crippen MR) is 69.5 cm³/mol. The number of para-hydroxylation sites is 1. The number of halogens is 1. The first-order valence-electron chi connectivity index (χ1n) is 5.98. The molecule has 2 unspecified atom stereocenters. The molecule has 17 heavy (non-hydrogen) atoms. The summed E-state index contributed by atoms with van der Waals surface area (Å²) < 4.78 is 0. The summed E-state index contributed by atoms with van der Waals surface area (Å²) in [6.07, 6.45) is 3.04. The van der Waals surface area contributed by atoms with Gasteiger partial charge >= 0.3 is 0 Å². The Morgan fingerprint density at radius 3 is 3.12 bits per heavy atom. The summed E-state index contributed by atoms with van der Waals surface area (Å²) in [7, 11) is 0. The fraction of sp³-hybridized carbons (Fsp3) is 0.462. The Morgan fingerprint density at radius 1 is 1.47 bits per heavy atom. The number of nitrogens with one attached hydrogen (secondary N) is 2. The van der Waals surface area contributed by atoms with Gasteiger partial charge in [0.05, 0.1) is 21.8 Å². The number of hydrogen-bond acceptors (Lipinski definition) is 2. The van der Waals surface area contributed by atoms with Gasteiger partial charge in [0.15, 0.2) is 0 Å². The molecular weight excluding hydrogens is 236 g/mol. The lowest BCUT2D eigenvalue weighted by Crippen LogP contribution is -2.41. The summed E-state index contributed by atoms with van der Waals surface area (Å²) in [6.45, 7) is 2.03. The maximum Gasteiger partial charge on any atom is 0.232 e. The lowest BCUT2D eigenvalue weighted by molar-refractivity contribution is -0.124. The van der Waals surface area contributed by atoms with Crippen molar-refractivity contribution in [2.24, 2.45) is 5.41 Å². The van der Waals surface area contributed by atoms with Gasteiger partial charge in [0.2, 0.25) is 5.91 Å². The van der Waals surface area contributed by atoms with Crippen LogP contribution in [0.2, 0.25) is 5.02 Å². The minimum Gasteiger partial charge on any atom is -0.378 e. The van der Waals surface area contributed by atoms with E-state index >= 15 is 0 Å². The summed E-state index contributed by atoms with van der Waals surface area (Å²) in [6, 6.07) is 5.77. The van der Waals surface area contributed by atoms with Crippen LogP contribution >= 0.6 is 11.6 Å². The molecule has 2 atom stereocenters. The van der Waals surface area contributed by atoms with Gasteiger partial charge in [-0.15, -0.1) is 0 Å². The molecule has 1 fully saturated rings. The summed E-state index contributed by atoms with van der Waals surface area (Å²) in [5.74, 6) is 0.105. The van der Waals surface area contributed by atoms with Gasteiger partial charge in [0.1, 0.15) is 0 Å². The molecule has 2 N–H and O–H groups in total. The Hall–Kier alpha value is -1.22. The minimum absolute atomic E-state index is 0.105. The lowest BCUT2D eigenvalue weighted by Gasteiger charge is -2.28. The summed E-state index contributed by atoms with van der Waals surface area (Å²) in [5, 5.41) is 7.10. The van der Waals surface area contributed by atoms with E-state index in [0.717, 1.165) is 30.6 Å². The monoisotopic (exact) mass is 250 g/mol. The van der Waals surface area contributed by atoms with Gasteiger partial charge in [0, 0.05) is 6.04 Å². The first-order valence-corrected chi connectivity index (χ1v) is 6.35. The molecule has 0 bridgehead atoms. The smallest absolute Gasteiger partial charge is 0.232 e. The maximum absolute atomic E-state index is 12.3. The van der Waals surface area contributed by atoms with Crippen molar-refractivity contribution in [1.29, 1.82) is 0 Å². The highest BCUT2D eigenvalue weighted by molar-refractivity contribution is 6.34. The highest BCUT2D eigenvalue weighted by atomic mass is 35.5. The molecule has 1 saturated carbocycles. The highest BCUT2D eigenvalue weighted by Crippen LogP contribution is 2.45. The van der Waals surface area contributed by atoms with E-state index in [9.17, 15) is 4.79 Å². The Kier molecular flexibility index (Phi) is 2.33. The van der Waals surface area contributed by atoms with Crippen LogP contribution in [-0.4, -0.2) is 11.9 Å². The zero-order chi connectivity index (χ0) is 12.0. The molecule has 0 spiro atoms. The normalized spacial score (nSPS) is 30.9. The molecule has 0 radical (unpaired) electrons. The Labute approximate surface area is 106 Å². The van der Waals surface area contributed by atoms with E-state index in [-0.39, 0.29) is 17.4 Å². The molecule has 1 heterocycles. The number of rotatable bonds is 0. The Balaban J connectivity index is 2.09. The topological polar surface area (TPSA) is 41.1 Å². The number of hydrogen-bond donors (Lipinski definition) is 2. The number of carbonyl (C=O) groups excluding carboxylic acids is 1. The SMILES string of the molecule is CC12CCCC1Nc1c(Cl)cccc1NC2=O. The third-order valence-corrected chi connectivity index (χ3v) is 4.37. The van der Waals surface area contributed by atoms with Crippen LogP contribution in [0, 0.1) is 5.41 Å². The molecule has 90 valence electrons. The number of anilines is 2. The van der Waals surface area contributed by atoms with Gasteiger partial charge < -0.3 is 10.6 Å². The first kappa shape index (κ1) is 10.9. The quantitative estimate of drug-likeness (QED) is 0.742. The molecule has 0 saturated heterocycles. The van der Waals surface area contributed by atoms with Crippen LogP contribution in [0.3, 0.4) is 0 Å². The number of fused-ring (bicyclic) bond motifs is 2. The van der Waals surface area contributed by atoms with E-state index in [1.807, 2.05) is 25.1 Å². The molecule has 1 aromatic rings. The lowest BCUT2D eigenvalue weighted by atomic mass is 9.84. The molecule has 1 aromatic carbocycles. The van der Waals surface area contributed by atoms with Crippen molar-refractivity contribution in [3.8, 4) is 0 Å². The molecule has 2 aliphatic rings. The van der Waals surface area contributed by atoms with Crippen LogP contribution in [0.1, 0.15) is 26.2 Å². The largest absolute Gasteiger partial charge is 0.378 e. The average molecular weight is 251 g/mol. The van der Waals surface area contributed by atoms with Crippen molar-refractivity contribution < 1.29 is 4.79 Å². The van der Waals surface area contributed by atoms with E-state index in [2.05, 4.69) is 10.6 Å². The number of amides is 1. The van der Waals surface area contributed by atoms with E-state index in [1.165, 1.54) is 0 Å². The molecule has 1 aliphatic carbocycles. The van der Waals surface area contributed by atoms with Crippen LogP contribution in [0.25, 0.3) is 0 Å². The summed E-state index contributed by atoms with van der Waals surface area (Å²) in [5.41, 5.74) is 1.33. The van der Waals surface area contributed by atoms with Crippen LogP contribution in [-0.2, 0) is 4.79 Å². The van der Waals surface area contributed by atoms with Gasteiger partial charge in [0.25, 0.3) is 0 Å². The van der Waals surface area contributed by atoms with Gasteiger partial charge in [-0.2, -0.15) is 0 Å². The maximum atomic E-state index is 12.3. The van der Waals surface area contributed by atoms with E-state index < -0.39 is 0 Å². The van der Waals surface area contributed by atoms with Gasteiger partial charge in [-0.25, -0.2) is 0 Å². The van der Waals surface area contributed by atoms with Gasteiger partial charge in [-0.1, -0.05) is 24.1 Å². The Morgan fingerprint density at radius 2 is 2.29 bits per heavy atom. The highest BCUT2D eigenvalue weighted by Gasteiger charge is 2.47. The van der Waals surface area contributed by atoms with Crippen LogP contribution < -0.4 is 10.6 Å². The zero-order valence-electron chi connectivity index (χ0n) is 9.72. The van der Waals surface area contributed by atoms with Crippen LogP contribution in [0.15, 0.2) is 18.2 Å². The third-order valence-electron chi connectivity index (χ3n) is 4.06. The second kappa shape index (κ2) is 3.64. The van der Waals surface area contributed by atoms with Gasteiger partial charge in [-0.3, -0.25) is 4.79 Å². The van der Waals surface area contributed by atoms with Gasteiger partial charge in [-0.05, 0) is 31.9 Å². The molecule has 1 aliphatic heterocycles. The van der Waals surface area contributed by atoms with Crippen molar-refractivity contribution >= 4 is 28.9 Å². The van der Waals surface area contributed by atoms with E-state index in [4.69, 9.17) is 11.6 Å². The fourth-order valence-electron chi connectivity index (χ4n) is 2.88. The average Bonchev–Trinajstić information content (AvgIpc) is 2.62. The van der Waals surface area contributed by atoms with Crippen LogP contribution in [0.4, 0.5) is 11.4 Å². The second-order valence-corrected chi connectivity index (χ2v) is 5.53. The summed E-state index contributed by atoms with van der Waals surface area (Å²) in [4.78, 5) is 12.3. The van der Waals surface area contributed by atoms with E-state index in [1.54, 1.807) is 0 Å².